The smallest absolute Gasteiger partial charge is 0.369 e. The van der Waals surface area contributed by atoms with Gasteiger partial charge in [-0.05, 0) is 18.8 Å². The second-order valence-electron chi connectivity index (χ2n) is 5.01. The number of aromatic nitrogens is 2. The SMILES string of the molecule is N#Cc1cnc(NCC2CCN(C(=O)C(F)(F)F)CC2)cn1. The van der Waals surface area contributed by atoms with Gasteiger partial charge in [0.2, 0.25) is 0 Å². The van der Waals surface area contributed by atoms with Crippen molar-refractivity contribution in [1.82, 2.24) is 14.9 Å². The lowest BCUT2D eigenvalue weighted by atomic mass is 9.96. The Labute approximate surface area is 125 Å². The summed E-state index contributed by atoms with van der Waals surface area (Å²) in [5, 5.41) is 11.6. The Hall–Kier alpha value is -2.37. The number of halogens is 3. The summed E-state index contributed by atoms with van der Waals surface area (Å²) in [5.74, 6) is -1.10. The second-order valence-corrected chi connectivity index (χ2v) is 5.01. The fourth-order valence-electron chi connectivity index (χ4n) is 2.25. The highest BCUT2D eigenvalue weighted by molar-refractivity contribution is 5.81. The largest absolute Gasteiger partial charge is 0.471 e. The van der Waals surface area contributed by atoms with Gasteiger partial charge in [0.15, 0.2) is 5.69 Å². The lowest BCUT2D eigenvalue weighted by molar-refractivity contribution is -0.186. The van der Waals surface area contributed by atoms with Crippen LogP contribution in [0.2, 0.25) is 0 Å². The molecule has 1 aliphatic rings. The van der Waals surface area contributed by atoms with E-state index in [9.17, 15) is 18.0 Å². The van der Waals surface area contributed by atoms with Gasteiger partial charge in [0.1, 0.15) is 11.9 Å². The molecule has 0 bridgehead atoms. The van der Waals surface area contributed by atoms with Crippen LogP contribution in [0, 0.1) is 17.2 Å². The molecule has 1 fully saturated rings. The maximum Gasteiger partial charge on any atom is 0.471 e. The minimum Gasteiger partial charge on any atom is -0.369 e. The standard InChI is InChI=1S/C13H14F3N5O/c14-13(15,16)12(22)21-3-1-9(2-4-21)6-19-11-8-18-10(5-17)7-20-11/h7-9H,1-4,6H2,(H,19,20). The lowest BCUT2D eigenvalue weighted by Crippen LogP contribution is -2.46. The maximum atomic E-state index is 12.3. The molecule has 0 spiro atoms. The van der Waals surface area contributed by atoms with Gasteiger partial charge in [-0.25, -0.2) is 9.97 Å². The zero-order valence-electron chi connectivity index (χ0n) is 11.6. The van der Waals surface area contributed by atoms with E-state index in [0.29, 0.717) is 25.2 Å². The van der Waals surface area contributed by atoms with E-state index in [0.717, 1.165) is 4.90 Å². The molecule has 9 heteroatoms. The first-order valence-corrected chi connectivity index (χ1v) is 6.72. The summed E-state index contributed by atoms with van der Waals surface area (Å²) in [4.78, 5) is 19.8. The van der Waals surface area contributed by atoms with Gasteiger partial charge >= 0.3 is 12.1 Å². The van der Waals surface area contributed by atoms with Gasteiger partial charge in [0.05, 0.1) is 12.4 Å². The molecule has 1 aromatic heterocycles. The molecule has 0 aromatic carbocycles. The Morgan fingerprint density at radius 1 is 1.36 bits per heavy atom. The number of nitrogens with one attached hydrogen (secondary N) is 1. The first-order chi connectivity index (χ1) is 10.4. The highest BCUT2D eigenvalue weighted by Gasteiger charge is 2.43. The topological polar surface area (TPSA) is 81.9 Å². The van der Waals surface area contributed by atoms with E-state index in [1.807, 2.05) is 6.07 Å². The fraction of sp³-hybridized carbons (Fsp3) is 0.538. The number of carbonyl (C=O) groups excluding carboxylic acids is 1. The number of hydrogen-bond donors (Lipinski definition) is 1. The molecule has 0 radical (unpaired) electrons. The molecule has 1 saturated heterocycles. The highest BCUT2D eigenvalue weighted by Crippen LogP contribution is 2.24. The first kappa shape index (κ1) is 16.0. The summed E-state index contributed by atoms with van der Waals surface area (Å²) >= 11 is 0. The molecule has 0 aliphatic carbocycles. The van der Waals surface area contributed by atoms with E-state index in [2.05, 4.69) is 15.3 Å². The van der Waals surface area contributed by atoms with Crippen LogP contribution in [-0.2, 0) is 4.79 Å². The van der Waals surface area contributed by atoms with Crippen molar-refractivity contribution in [3.8, 4) is 6.07 Å². The fourth-order valence-corrected chi connectivity index (χ4v) is 2.25. The van der Waals surface area contributed by atoms with E-state index in [1.54, 1.807) is 0 Å². The average Bonchev–Trinajstić information content (AvgIpc) is 2.52. The molecule has 22 heavy (non-hydrogen) atoms. The summed E-state index contributed by atoms with van der Waals surface area (Å²) in [6.45, 7) is 0.738. The van der Waals surface area contributed by atoms with Gasteiger partial charge in [0.25, 0.3) is 0 Å². The number of nitriles is 1. The minimum atomic E-state index is -4.80. The van der Waals surface area contributed by atoms with Crippen molar-refractivity contribution in [2.45, 2.75) is 19.0 Å². The van der Waals surface area contributed by atoms with Crippen molar-refractivity contribution in [2.75, 3.05) is 25.0 Å². The predicted octanol–water partition coefficient (Wildman–Crippen LogP) is 1.56. The van der Waals surface area contributed by atoms with Gasteiger partial charge in [0, 0.05) is 19.6 Å². The summed E-state index contributed by atoms with van der Waals surface area (Å²) < 4.78 is 37.0. The van der Waals surface area contributed by atoms with Crippen LogP contribution in [0.3, 0.4) is 0 Å². The van der Waals surface area contributed by atoms with Crippen molar-refractivity contribution in [1.29, 1.82) is 5.26 Å². The Morgan fingerprint density at radius 3 is 2.55 bits per heavy atom. The van der Waals surface area contributed by atoms with Crippen LogP contribution in [0.25, 0.3) is 0 Å². The Kier molecular flexibility index (Phi) is 4.80. The second kappa shape index (κ2) is 6.60. The third-order valence-corrected chi connectivity index (χ3v) is 3.48. The third kappa shape index (κ3) is 4.07. The van der Waals surface area contributed by atoms with E-state index in [-0.39, 0.29) is 24.7 Å². The average molecular weight is 313 g/mol. The van der Waals surface area contributed by atoms with Gasteiger partial charge in [-0.1, -0.05) is 0 Å². The molecule has 0 atom stereocenters. The quantitative estimate of drug-likeness (QED) is 0.916. The Morgan fingerprint density at radius 2 is 2.05 bits per heavy atom. The first-order valence-electron chi connectivity index (χ1n) is 6.72. The summed E-state index contributed by atoms with van der Waals surface area (Å²) in [7, 11) is 0. The molecule has 0 unspecified atom stereocenters. The van der Waals surface area contributed by atoms with E-state index in [4.69, 9.17) is 5.26 Å². The van der Waals surface area contributed by atoms with Crippen LogP contribution < -0.4 is 5.32 Å². The molecule has 1 aromatic rings. The summed E-state index contributed by atoms with van der Waals surface area (Å²) in [5.41, 5.74) is 0.213. The minimum absolute atomic E-state index is 0.101. The van der Waals surface area contributed by atoms with Crippen LogP contribution in [0.5, 0.6) is 0 Å². The number of alkyl halides is 3. The number of piperidine rings is 1. The van der Waals surface area contributed by atoms with Crippen LogP contribution in [-0.4, -0.2) is 46.6 Å². The molecular weight excluding hydrogens is 299 g/mol. The zero-order chi connectivity index (χ0) is 16.2. The molecular formula is C13H14F3N5O. The normalized spacial score (nSPS) is 16.2. The van der Waals surface area contributed by atoms with Crippen molar-refractivity contribution >= 4 is 11.7 Å². The third-order valence-electron chi connectivity index (χ3n) is 3.48. The highest BCUT2D eigenvalue weighted by atomic mass is 19.4. The Bertz CT molecular complexity index is 559. The molecule has 6 nitrogen and oxygen atoms in total. The summed E-state index contributed by atoms with van der Waals surface area (Å²) in [6.07, 6.45) is -1.03. The molecule has 2 rings (SSSR count). The molecule has 1 amide bonds. The predicted molar refractivity (Wildman–Crippen MR) is 70.6 cm³/mol. The molecule has 118 valence electrons. The van der Waals surface area contributed by atoms with Crippen LogP contribution in [0.1, 0.15) is 18.5 Å². The van der Waals surface area contributed by atoms with Gasteiger partial charge < -0.3 is 10.2 Å². The molecule has 0 saturated carbocycles. The van der Waals surface area contributed by atoms with E-state index >= 15 is 0 Å². The number of amides is 1. The van der Waals surface area contributed by atoms with Crippen molar-refractivity contribution in [3.05, 3.63) is 18.1 Å². The molecule has 1 N–H and O–H groups in total. The van der Waals surface area contributed by atoms with Crippen molar-refractivity contribution in [2.24, 2.45) is 5.92 Å². The van der Waals surface area contributed by atoms with E-state index in [1.165, 1.54) is 12.4 Å². The number of likely N-dealkylation sites (tertiary alicyclic amines) is 1. The maximum absolute atomic E-state index is 12.3. The lowest BCUT2D eigenvalue weighted by Gasteiger charge is -2.32. The number of carbonyl (C=O) groups is 1. The van der Waals surface area contributed by atoms with Gasteiger partial charge in [-0.15, -0.1) is 0 Å². The number of anilines is 1. The Balaban J connectivity index is 1.78. The zero-order valence-corrected chi connectivity index (χ0v) is 11.6. The molecule has 1 aliphatic heterocycles. The van der Waals surface area contributed by atoms with Crippen LogP contribution in [0.15, 0.2) is 12.4 Å². The van der Waals surface area contributed by atoms with Crippen molar-refractivity contribution < 1.29 is 18.0 Å². The van der Waals surface area contributed by atoms with E-state index < -0.39 is 12.1 Å². The molecule has 2 heterocycles. The van der Waals surface area contributed by atoms with Gasteiger partial charge in [-0.2, -0.15) is 18.4 Å². The van der Waals surface area contributed by atoms with Crippen molar-refractivity contribution in [3.63, 3.8) is 0 Å². The number of hydrogen-bond acceptors (Lipinski definition) is 5. The van der Waals surface area contributed by atoms with Crippen LogP contribution in [0.4, 0.5) is 19.0 Å². The van der Waals surface area contributed by atoms with Crippen LogP contribution >= 0.6 is 0 Å². The summed E-state index contributed by atoms with van der Waals surface area (Å²) in [6, 6.07) is 1.86. The monoisotopic (exact) mass is 313 g/mol. The number of rotatable bonds is 3. The van der Waals surface area contributed by atoms with Gasteiger partial charge in [-0.3, -0.25) is 4.79 Å². The number of nitrogens with zero attached hydrogens (tertiary/aromatic N) is 4.